The fourth-order valence-corrected chi connectivity index (χ4v) is 3.19. The van der Waals surface area contributed by atoms with Gasteiger partial charge in [-0.2, -0.15) is 8.78 Å². The van der Waals surface area contributed by atoms with Crippen molar-refractivity contribution in [1.29, 1.82) is 0 Å². The Morgan fingerprint density at radius 2 is 2.05 bits per heavy atom. The predicted octanol–water partition coefficient (Wildman–Crippen LogP) is 4.86. The molecule has 0 aliphatic carbocycles. The average Bonchev–Trinajstić information content (AvgIpc) is 2.89. The van der Waals surface area contributed by atoms with E-state index in [9.17, 15) is 8.78 Å². The number of aryl methyl sites for hydroxylation is 1. The first-order chi connectivity index (χ1) is 10.1. The van der Waals surface area contributed by atoms with Gasteiger partial charge < -0.3 is 10.1 Å². The number of benzene rings is 1. The molecule has 0 unspecified atom stereocenters. The van der Waals surface area contributed by atoms with Crippen LogP contribution >= 0.6 is 22.9 Å². The third-order valence-corrected chi connectivity index (χ3v) is 4.26. The van der Waals surface area contributed by atoms with Crippen LogP contribution in [0.4, 0.5) is 8.78 Å². The summed E-state index contributed by atoms with van der Waals surface area (Å²) in [6.07, 6.45) is 0.984. The molecule has 1 aromatic heterocycles. The Balaban J connectivity index is 2.00. The van der Waals surface area contributed by atoms with Crippen LogP contribution in [0.5, 0.6) is 5.75 Å². The standard InChI is InChI=1S/C15H16ClF2NOS/c1-2-10-5-6-21-14(10)9-19-8-11-7-12(16)3-4-13(11)20-15(17)18/h3-7,15,19H,2,8-9H2,1H3. The molecule has 0 atom stereocenters. The molecule has 0 saturated carbocycles. The molecular weight excluding hydrogens is 316 g/mol. The lowest BCUT2D eigenvalue weighted by Crippen LogP contribution is -2.14. The van der Waals surface area contributed by atoms with Gasteiger partial charge in [-0.15, -0.1) is 11.3 Å². The number of thiophene rings is 1. The van der Waals surface area contributed by atoms with E-state index in [1.165, 1.54) is 22.6 Å². The van der Waals surface area contributed by atoms with Crippen molar-refractivity contribution in [2.75, 3.05) is 0 Å². The van der Waals surface area contributed by atoms with Gasteiger partial charge >= 0.3 is 6.61 Å². The van der Waals surface area contributed by atoms with Crippen LogP contribution in [0.25, 0.3) is 0 Å². The van der Waals surface area contributed by atoms with Crippen molar-refractivity contribution in [3.8, 4) is 5.75 Å². The van der Waals surface area contributed by atoms with E-state index in [0.717, 1.165) is 6.42 Å². The minimum atomic E-state index is -2.84. The molecule has 1 heterocycles. The largest absolute Gasteiger partial charge is 0.434 e. The number of hydrogen-bond acceptors (Lipinski definition) is 3. The molecule has 0 aliphatic heterocycles. The maximum Gasteiger partial charge on any atom is 0.387 e. The lowest BCUT2D eigenvalue weighted by molar-refractivity contribution is -0.0505. The summed E-state index contributed by atoms with van der Waals surface area (Å²) in [5, 5.41) is 5.80. The summed E-state index contributed by atoms with van der Waals surface area (Å²) >= 11 is 7.60. The van der Waals surface area contributed by atoms with Crippen LogP contribution in [0.1, 0.15) is 22.9 Å². The van der Waals surface area contributed by atoms with Crippen molar-refractivity contribution in [2.24, 2.45) is 0 Å². The molecular formula is C15H16ClF2NOS. The van der Waals surface area contributed by atoms with E-state index in [1.54, 1.807) is 17.4 Å². The Hall–Kier alpha value is -1.17. The summed E-state index contributed by atoms with van der Waals surface area (Å²) in [4.78, 5) is 1.26. The number of rotatable bonds is 7. The summed E-state index contributed by atoms with van der Waals surface area (Å²) in [6.45, 7) is 0.385. The molecule has 0 saturated heterocycles. The second-order valence-corrected chi connectivity index (χ2v) is 5.89. The van der Waals surface area contributed by atoms with E-state index >= 15 is 0 Å². The zero-order valence-corrected chi connectivity index (χ0v) is 13.1. The lowest BCUT2D eigenvalue weighted by atomic mass is 10.2. The maximum absolute atomic E-state index is 12.4. The van der Waals surface area contributed by atoms with E-state index in [4.69, 9.17) is 11.6 Å². The third-order valence-electron chi connectivity index (χ3n) is 3.06. The van der Waals surface area contributed by atoms with Gasteiger partial charge in [0.15, 0.2) is 0 Å². The molecule has 0 bridgehead atoms. The van der Waals surface area contributed by atoms with Gasteiger partial charge in [-0.3, -0.25) is 0 Å². The molecule has 0 fully saturated rings. The maximum atomic E-state index is 12.4. The van der Waals surface area contributed by atoms with Crippen LogP contribution in [0, 0.1) is 0 Å². The summed E-state index contributed by atoms with van der Waals surface area (Å²) < 4.78 is 29.2. The van der Waals surface area contributed by atoms with Crippen LogP contribution in [0.15, 0.2) is 29.6 Å². The van der Waals surface area contributed by atoms with Gasteiger partial charge in [0.1, 0.15) is 5.75 Å². The zero-order valence-electron chi connectivity index (χ0n) is 11.5. The summed E-state index contributed by atoms with van der Waals surface area (Å²) in [5.41, 5.74) is 1.93. The number of halogens is 3. The molecule has 2 aromatic rings. The number of alkyl halides is 2. The topological polar surface area (TPSA) is 21.3 Å². The SMILES string of the molecule is CCc1ccsc1CNCc1cc(Cl)ccc1OC(F)F. The number of hydrogen-bond donors (Lipinski definition) is 1. The molecule has 0 spiro atoms. The highest BCUT2D eigenvalue weighted by Crippen LogP contribution is 2.25. The van der Waals surface area contributed by atoms with Crippen LogP contribution in [0.2, 0.25) is 5.02 Å². The van der Waals surface area contributed by atoms with Crippen molar-refractivity contribution in [3.63, 3.8) is 0 Å². The highest BCUT2D eigenvalue weighted by molar-refractivity contribution is 7.10. The Labute approximate surface area is 131 Å². The van der Waals surface area contributed by atoms with E-state index in [-0.39, 0.29) is 5.75 Å². The van der Waals surface area contributed by atoms with Gasteiger partial charge in [-0.05, 0) is 41.6 Å². The van der Waals surface area contributed by atoms with Gasteiger partial charge in [0, 0.05) is 28.6 Å². The van der Waals surface area contributed by atoms with Crippen molar-refractivity contribution in [3.05, 3.63) is 50.7 Å². The Morgan fingerprint density at radius 1 is 1.24 bits per heavy atom. The molecule has 6 heteroatoms. The zero-order chi connectivity index (χ0) is 15.2. The van der Waals surface area contributed by atoms with Gasteiger partial charge in [0.05, 0.1) is 0 Å². The Bertz CT molecular complexity index is 589. The van der Waals surface area contributed by atoms with E-state index in [1.807, 2.05) is 0 Å². The average molecular weight is 332 g/mol. The predicted molar refractivity (Wildman–Crippen MR) is 82.3 cm³/mol. The third kappa shape index (κ3) is 4.66. The molecule has 0 amide bonds. The fourth-order valence-electron chi connectivity index (χ4n) is 2.04. The molecule has 114 valence electrons. The number of nitrogens with one attached hydrogen (secondary N) is 1. The van der Waals surface area contributed by atoms with Crippen molar-refractivity contribution < 1.29 is 13.5 Å². The normalized spacial score (nSPS) is 11.1. The Kier molecular flexibility index (Phi) is 5.96. The quantitative estimate of drug-likeness (QED) is 0.782. The second kappa shape index (κ2) is 7.73. The fraction of sp³-hybridized carbons (Fsp3) is 0.333. The van der Waals surface area contributed by atoms with Gasteiger partial charge in [0.25, 0.3) is 0 Å². The van der Waals surface area contributed by atoms with E-state index < -0.39 is 6.61 Å². The van der Waals surface area contributed by atoms with Crippen LogP contribution < -0.4 is 10.1 Å². The molecule has 2 nitrogen and oxygen atoms in total. The summed E-state index contributed by atoms with van der Waals surface area (Å²) in [7, 11) is 0. The van der Waals surface area contributed by atoms with Crippen molar-refractivity contribution >= 4 is 22.9 Å². The summed E-state index contributed by atoms with van der Waals surface area (Å²) in [6, 6.07) is 6.75. The first-order valence-electron chi connectivity index (χ1n) is 6.59. The molecule has 1 aromatic carbocycles. The smallest absolute Gasteiger partial charge is 0.387 e. The van der Waals surface area contributed by atoms with Gasteiger partial charge in [-0.25, -0.2) is 0 Å². The van der Waals surface area contributed by atoms with Gasteiger partial charge in [0.2, 0.25) is 0 Å². The molecule has 0 aliphatic rings. The molecule has 21 heavy (non-hydrogen) atoms. The van der Waals surface area contributed by atoms with Gasteiger partial charge in [-0.1, -0.05) is 18.5 Å². The Morgan fingerprint density at radius 3 is 2.76 bits per heavy atom. The van der Waals surface area contributed by atoms with Crippen LogP contribution in [-0.2, 0) is 19.5 Å². The van der Waals surface area contributed by atoms with Crippen LogP contribution in [0.3, 0.4) is 0 Å². The minimum absolute atomic E-state index is 0.156. The first kappa shape index (κ1) is 16.2. The molecule has 1 N–H and O–H groups in total. The van der Waals surface area contributed by atoms with E-state index in [0.29, 0.717) is 23.7 Å². The lowest BCUT2D eigenvalue weighted by Gasteiger charge is -2.12. The highest BCUT2D eigenvalue weighted by atomic mass is 35.5. The second-order valence-electron chi connectivity index (χ2n) is 4.46. The molecule has 0 radical (unpaired) electrons. The number of ether oxygens (including phenoxy) is 1. The van der Waals surface area contributed by atoms with E-state index in [2.05, 4.69) is 28.4 Å². The summed E-state index contributed by atoms with van der Waals surface area (Å²) in [5.74, 6) is 0.156. The first-order valence-corrected chi connectivity index (χ1v) is 7.85. The van der Waals surface area contributed by atoms with Crippen molar-refractivity contribution in [2.45, 2.75) is 33.0 Å². The molecule has 2 rings (SSSR count). The van der Waals surface area contributed by atoms with Crippen LogP contribution in [-0.4, -0.2) is 6.61 Å². The van der Waals surface area contributed by atoms with Crippen molar-refractivity contribution in [1.82, 2.24) is 5.32 Å². The monoisotopic (exact) mass is 331 g/mol. The minimum Gasteiger partial charge on any atom is -0.434 e. The highest BCUT2D eigenvalue weighted by Gasteiger charge is 2.10.